The quantitative estimate of drug-likeness (QED) is 0.536. The van der Waals surface area contributed by atoms with Crippen molar-refractivity contribution in [2.24, 2.45) is 0 Å². The highest BCUT2D eigenvalue weighted by Crippen LogP contribution is 2.26. The van der Waals surface area contributed by atoms with Crippen LogP contribution in [0.5, 0.6) is 0 Å². The van der Waals surface area contributed by atoms with Crippen molar-refractivity contribution < 1.29 is 24.2 Å². The summed E-state index contributed by atoms with van der Waals surface area (Å²) in [6.07, 6.45) is 0.570. The highest BCUT2D eigenvalue weighted by atomic mass is 16.6. The zero-order valence-electron chi connectivity index (χ0n) is 21.5. The van der Waals surface area contributed by atoms with Crippen molar-refractivity contribution in [1.29, 1.82) is 0 Å². The lowest BCUT2D eigenvalue weighted by atomic mass is 10.1. The van der Waals surface area contributed by atoms with Gasteiger partial charge in [-0.05, 0) is 59.7 Å². The molecule has 11 nitrogen and oxygen atoms in total. The third-order valence-electron chi connectivity index (χ3n) is 5.96. The Balaban J connectivity index is 1.83. The normalized spacial score (nSPS) is 16.6. The van der Waals surface area contributed by atoms with Crippen molar-refractivity contribution in [3.05, 3.63) is 46.3 Å². The Kier molecular flexibility index (Phi) is 6.70. The number of imidazole rings is 1. The SMILES string of the molecule is CCOC(=O)c1c2n(c(=O)n1-c1ccc3c(cnn3C[C@@H](C)O)c1)CC(C)N(C(=O)OC(C)(C)C)C2. The van der Waals surface area contributed by atoms with Crippen molar-refractivity contribution in [3.8, 4) is 5.69 Å². The molecule has 1 aliphatic heterocycles. The van der Waals surface area contributed by atoms with Gasteiger partial charge in [0.1, 0.15) is 5.60 Å². The van der Waals surface area contributed by atoms with E-state index in [1.165, 1.54) is 14.0 Å². The first-order chi connectivity index (χ1) is 16.9. The lowest BCUT2D eigenvalue weighted by molar-refractivity contribution is 0.00924. The number of nitrogens with zero attached hydrogens (tertiary/aromatic N) is 5. The van der Waals surface area contributed by atoms with Gasteiger partial charge in [0.25, 0.3) is 0 Å². The van der Waals surface area contributed by atoms with Crippen LogP contribution in [0.25, 0.3) is 16.6 Å². The number of carbonyl (C=O) groups excluding carboxylic acids is 2. The number of esters is 1. The molecule has 0 aliphatic carbocycles. The van der Waals surface area contributed by atoms with Crippen LogP contribution < -0.4 is 5.69 Å². The Bertz CT molecular complexity index is 1360. The van der Waals surface area contributed by atoms with Crippen LogP contribution >= 0.6 is 0 Å². The molecule has 1 unspecified atom stereocenters. The first-order valence-electron chi connectivity index (χ1n) is 12.1. The number of ether oxygens (including phenoxy) is 2. The minimum Gasteiger partial charge on any atom is -0.461 e. The van der Waals surface area contributed by atoms with Gasteiger partial charge in [0.2, 0.25) is 0 Å². The second-order valence-corrected chi connectivity index (χ2v) is 10.1. The molecule has 11 heteroatoms. The number of fused-ring (bicyclic) bond motifs is 2. The summed E-state index contributed by atoms with van der Waals surface area (Å²) in [6, 6.07) is 4.98. The fourth-order valence-corrected chi connectivity index (χ4v) is 4.44. The molecule has 3 heterocycles. The fourth-order valence-electron chi connectivity index (χ4n) is 4.44. The summed E-state index contributed by atoms with van der Waals surface area (Å²) >= 11 is 0. The number of aliphatic hydroxyl groups excluding tert-OH is 1. The summed E-state index contributed by atoms with van der Waals surface area (Å²) < 4.78 is 15.4. The first kappa shape index (κ1) is 25.5. The van der Waals surface area contributed by atoms with Gasteiger partial charge in [-0.3, -0.25) is 18.7 Å². The van der Waals surface area contributed by atoms with Gasteiger partial charge in [0.15, 0.2) is 5.69 Å². The van der Waals surface area contributed by atoms with Gasteiger partial charge in [-0.25, -0.2) is 14.4 Å². The maximum Gasteiger partial charge on any atom is 0.410 e. The minimum atomic E-state index is -0.683. The second-order valence-electron chi connectivity index (χ2n) is 10.1. The zero-order valence-corrected chi connectivity index (χ0v) is 21.5. The summed E-state index contributed by atoms with van der Waals surface area (Å²) in [7, 11) is 0. The molecule has 0 fully saturated rings. The number of hydrogen-bond donors (Lipinski definition) is 1. The third-order valence-corrected chi connectivity index (χ3v) is 5.96. The van der Waals surface area contributed by atoms with Crippen LogP contribution in [-0.2, 0) is 29.1 Å². The van der Waals surface area contributed by atoms with E-state index in [9.17, 15) is 19.5 Å². The molecule has 1 aromatic carbocycles. The van der Waals surface area contributed by atoms with Crippen LogP contribution in [0.1, 0.15) is 57.7 Å². The molecule has 36 heavy (non-hydrogen) atoms. The first-order valence-corrected chi connectivity index (χ1v) is 12.1. The number of benzene rings is 1. The van der Waals surface area contributed by atoms with E-state index >= 15 is 0 Å². The highest BCUT2D eigenvalue weighted by molar-refractivity contribution is 5.90. The predicted octanol–water partition coefficient (Wildman–Crippen LogP) is 2.69. The van der Waals surface area contributed by atoms with Crippen LogP contribution in [-0.4, -0.2) is 65.3 Å². The zero-order chi connectivity index (χ0) is 26.4. The van der Waals surface area contributed by atoms with Crippen molar-refractivity contribution in [3.63, 3.8) is 0 Å². The largest absolute Gasteiger partial charge is 0.461 e. The Labute approximate surface area is 208 Å². The molecule has 0 bridgehead atoms. The van der Waals surface area contributed by atoms with Crippen molar-refractivity contribution in [2.45, 2.75) is 78.9 Å². The molecule has 0 radical (unpaired) electrons. The van der Waals surface area contributed by atoms with Gasteiger partial charge < -0.3 is 14.6 Å². The fraction of sp³-hybridized carbons (Fsp3) is 0.520. The van der Waals surface area contributed by atoms with E-state index < -0.39 is 23.8 Å². The van der Waals surface area contributed by atoms with Crippen LogP contribution in [0.15, 0.2) is 29.2 Å². The van der Waals surface area contributed by atoms with E-state index in [0.29, 0.717) is 17.9 Å². The number of aromatic nitrogens is 4. The monoisotopic (exact) mass is 499 g/mol. The third kappa shape index (κ3) is 4.75. The highest BCUT2D eigenvalue weighted by Gasteiger charge is 2.37. The molecule has 4 rings (SSSR count). The number of hydrogen-bond acceptors (Lipinski definition) is 7. The molecule has 2 aromatic heterocycles. The Hall–Kier alpha value is -3.60. The lowest BCUT2D eigenvalue weighted by Gasteiger charge is -2.35. The van der Waals surface area contributed by atoms with E-state index in [2.05, 4.69) is 5.10 Å². The Morgan fingerprint density at radius 3 is 2.64 bits per heavy atom. The topological polar surface area (TPSA) is 121 Å². The predicted molar refractivity (Wildman–Crippen MR) is 132 cm³/mol. The Morgan fingerprint density at radius 2 is 2.00 bits per heavy atom. The summed E-state index contributed by atoms with van der Waals surface area (Å²) in [4.78, 5) is 41.2. The van der Waals surface area contributed by atoms with Gasteiger partial charge in [-0.1, -0.05) is 0 Å². The molecule has 0 saturated heterocycles. The standard InChI is InChI=1S/C25H33N5O6/c1-7-35-22(32)21-20-14-27(24(34)36-25(4,5)6)15(2)12-28(20)23(33)30(21)18-8-9-19-17(10-18)11-26-29(19)13-16(3)31/h8-11,15-16,31H,7,12-14H2,1-6H3/t15?,16-/m1/s1. The van der Waals surface area contributed by atoms with E-state index in [4.69, 9.17) is 9.47 Å². The van der Waals surface area contributed by atoms with E-state index in [1.807, 2.05) is 6.92 Å². The lowest BCUT2D eigenvalue weighted by Crippen LogP contribution is -2.48. The van der Waals surface area contributed by atoms with Crippen molar-refractivity contribution in [1.82, 2.24) is 23.8 Å². The van der Waals surface area contributed by atoms with Crippen LogP contribution in [0.2, 0.25) is 0 Å². The number of rotatable bonds is 5. The van der Waals surface area contributed by atoms with E-state index in [0.717, 1.165) is 10.9 Å². The summed E-state index contributed by atoms with van der Waals surface area (Å²) in [5, 5.41) is 14.8. The number of amides is 1. The maximum absolute atomic E-state index is 13.6. The average molecular weight is 500 g/mol. The van der Waals surface area contributed by atoms with Crippen LogP contribution in [0.3, 0.4) is 0 Å². The summed E-state index contributed by atoms with van der Waals surface area (Å²) in [5.41, 5.74) is 0.673. The van der Waals surface area contributed by atoms with Crippen LogP contribution in [0, 0.1) is 0 Å². The molecule has 3 aromatic rings. The minimum absolute atomic E-state index is 0.0288. The summed E-state index contributed by atoms with van der Waals surface area (Å²) in [5.74, 6) is -0.646. The molecule has 194 valence electrons. The molecular weight excluding hydrogens is 466 g/mol. The van der Waals surface area contributed by atoms with E-state index in [1.54, 1.807) is 63.7 Å². The van der Waals surface area contributed by atoms with E-state index in [-0.39, 0.29) is 37.1 Å². The number of carbonyl (C=O) groups is 2. The van der Waals surface area contributed by atoms with Crippen LogP contribution in [0.4, 0.5) is 4.79 Å². The summed E-state index contributed by atoms with van der Waals surface area (Å²) in [6.45, 7) is 11.3. The van der Waals surface area contributed by atoms with Crippen molar-refractivity contribution in [2.75, 3.05) is 6.61 Å². The maximum atomic E-state index is 13.6. The molecule has 1 aliphatic rings. The van der Waals surface area contributed by atoms with Crippen molar-refractivity contribution >= 4 is 23.0 Å². The van der Waals surface area contributed by atoms with Gasteiger partial charge in [0.05, 0.1) is 54.9 Å². The van der Waals surface area contributed by atoms with Gasteiger partial charge >= 0.3 is 17.8 Å². The average Bonchev–Trinajstić information content (AvgIpc) is 3.29. The Morgan fingerprint density at radius 1 is 1.28 bits per heavy atom. The second kappa shape index (κ2) is 9.45. The molecule has 0 spiro atoms. The van der Waals surface area contributed by atoms with Gasteiger partial charge in [0, 0.05) is 11.9 Å². The molecular formula is C25H33N5O6. The van der Waals surface area contributed by atoms with Gasteiger partial charge in [-0.2, -0.15) is 5.10 Å². The van der Waals surface area contributed by atoms with Gasteiger partial charge in [-0.15, -0.1) is 0 Å². The molecule has 1 amide bonds. The molecule has 1 N–H and O–H groups in total. The smallest absolute Gasteiger partial charge is 0.410 e. The molecule has 2 atom stereocenters. The number of aliphatic hydroxyl groups is 1. The molecule has 0 saturated carbocycles.